The lowest BCUT2D eigenvalue weighted by Gasteiger charge is -2.07. The summed E-state index contributed by atoms with van der Waals surface area (Å²) in [5.41, 5.74) is 1.97. The van der Waals surface area contributed by atoms with Gasteiger partial charge in [-0.3, -0.25) is 9.59 Å². The molecule has 0 atom stereocenters. The third-order valence-corrected chi connectivity index (χ3v) is 3.81. The highest BCUT2D eigenvalue weighted by atomic mass is 32.1. The van der Waals surface area contributed by atoms with Gasteiger partial charge in [-0.1, -0.05) is 24.4 Å². The van der Waals surface area contributed by atoms with Gasteiger partial charge in [0.1, 0.15) is 4.64 Å². The minimum atomic E-state index is -0.315. The fraction of sp³-hybridized carbons (Fsp3) is 0.0556. The zero-order valence-corrected chi connectivity index (χ0v) is 13.9. The highest BCUT2D eigenvalue weighted by Gasteiger charge is 2.09. The van der Waals surface area contributed by atoms with Crippen LogP contribution in [0, 0.1) is 4.64 Å². The minimum Gasteiger partial charge on any atom is -0.459 e. The van der Waals surface area contributed by atoms with E-state index in [1.165, 1.54) is 6.26 Å². The first-order valence-corrected chi connectivity index (χ1v) is 7.94. The molecule has 0 radical (unpaired) electrons. The lowest BCUT2D eigenvalue weighted by atomic mass is 10.2. The van der Waals surface area contributed by atoms with E-state index in [2.05, 4.69) is 15.6 Å². The predicted octanol–water partition coefficient (Wildman–Crippen LogP) is 3.52. The van der Waals surface area contributed by atoms with Gasteiger partial charge in [-0.15, -0.1) is 0 Å². The Labute approximate surface area is 148 Å². The summed E-state index contributed by atoms with van der Waals surface area (Å²) < 4.78 is 5.44. The van der Waals surface area contributed by atoms with Crippen LogP contribution in [0.3, 0.4) is 0 Å². The summed E-state index contributed by atoms with van der Waals surface area (Å²) in [6, 6.07) is 13.8. The maximum atomic E-state index is 12.1. The van der Waals surface area contributed by atoms with Gasteiger partial charge in [-0.05, 0) is 42.0 Å². The van der Waals surface area contributed by atoms with Gasteiger partial charge in [0, 0.05) is 18.4 Å². The summed E-state index contributed by atoms with van der Waals surface area (Å²) in [7, 11) is 0. The molecule has 0 aliphatic carbocycles. The first-order valence-electron chi connectivity index (χ1n) is 7.53. The molecule has 0 spiro atoms. The summed E-state index contributed by atoms with van der Waals surface area (Å²) in [6.45, 7) is 0.356. The Hall–Kier alpha value is -3.19. The number of H-pyrrole nitrogens is 1. The molecular formula is C18H15N3O3S. The second kappa shape index (κ2) is 7.59. The molecule has 2 heterocycles. The molecule has 2 amide bonds. The smallest absolute Gasteiger partial charge is 0.291 e. The molecule has 2 aromatic heterocycles. The van der Waals surface area contributed by atoms with Gasteiger partial charge >= 0.3 is 0 Å². The lowest BCUT2D eigenvalue weighted by molar-refractivity contribution is 0.0949. The van der Waals surface area contributed by atoms with E-state index in [0.29, 0.717) is 22.4 Å². The molecule has 0 saturated carbocycles. The molecule has 25 heavy (non-hydrogen) atoms. The fourth-order valence-electron chi connectivity index (χ4n) is 2.18. The molecule has 7 heteroatoms. The molecule has 3 N–H and O–H groups in total. The van der Waals surface area contributed by atoms with E-state index in [-0.39, 0.29) is 17.6 Å². The van der Waals surface area contributed by atoms with E-state index < -0.39 is 0 Å². The molecule has 0 unspecified atom stereocenters. The van der Waals surface area contributed by atoms with Crippen molar-refractivity contribution in [2.24, 2.45) is 0 Å². The Kier molecular flexibility index (Phi) is 5.06. The predicted molar refractivity (Wildman–Crippen MR) is 95.9 cm³/mol. The highest BCUT2D eigenvalue weighted by Crippen LogP contribution is 2.12. The maximum absolute atomic E-state index is 12.1. The molecule has 0 saturated heterocycles. The number of aromatic nitrogens is 1. The van der Waals surface area contributed by atoms with Crippen molar-refractivity contribution < 1.29 is 14.0 Å². The van der Waals surface area contributed by atoms with E-state index >= 15 is 0 Å². The third-order valence-electron chi connectivity index (χ3n) is 3.47. The summed E-state index contributed by atoms with van der Waals surface area (Å²) in [5.74, 6) is -0.308. The Morgan fingerprint density at radius 3 is 2.52 bits per heavy atom. The number of benzene rings is 1. The van der Waals surface area contributed by atoms with Crippen LogP contribution in [-0.2, 0) is 6.54 Å². The van der Waals surface area contributed by atoms with Crippen LogP contribution in [0.1, 0.15) is 26.5 Å². The summed E-state index contributed by atoms with van der Waals surface area (Å²) in [6.07, 6.45) is 3.12. The first-order chi connectivity index (χ1) is 12.1. The first kappa shape index (κ1) is 16.7. The average Bonchev–Trinajstić information content (AvgIpc) is 3.16. The van der Waals surface area contributed by atoms with Crippen LogP contribution in [-0.4, -0.2) is 16.8 Å². The van der Waals surface area contributed by atoms with Gasteiger partial charge in [-0.2, -0.15) is 0 Å². The van der Waals surface area contributed by atoms with E-state index in [0.717, 1.165) is 5.56 Å². The standard InChI is InChI=1S/C18H15N3O3S/c22-16(14-3-1-9-19-18(14)25)20-11-12-5-7-13(8-6-12)21-17(23)15-4-2-10-24-15/h1-10H,11H2,(H,19,25)(H,20,22)(H,21,23). The molecule has 126 valence electrons. The topological polar surface area (TPSA) is 87.1 Å². The fourth-order valence-corrected chi connectivity index (χ4v) is 2.41. The van der Waals surface area contributed by atoms with E-state index in [4.69, 9.17) is 16.6 Å². The van der Waals surface area contributed by atoms with Gasteiger partial charge in [0.2, 0.25) is 0 Å². The lowest BCUT2D eigenvalue weighted by Crippen LogP contribution is -2.23. The summed E-state index contributed by atoms with van der Waals surface area (Å²) in [5, 5.41) is 5.54. The molecular weight excluding hydrogens is 338 g/mol. The normalized spacial score (nSPS) is 10.2. The van der Waals surface area contributed by atoms with Gasteiger partial charge < -0.3 is 20.0 Å². The molecule has 6 nitrogen and oxygen atoms in total. The Morgan fingerprint density at radius 2 is 1.84 bits per heavy atom. The number of amides is 2. The van der Waals surface area contributed by atoms with Crippen LogP contribution in [0.15, 0.2) is 65.4 Å². The SMILES string of the molecule is O=C(Nc1ccc(CNC(=O)c2ccc[nH]c2=S)cc1)c1ccco1. The molecule has 1 aromatic carbocycles. The van der Waals surface area contributed by atoms with Crippen molar-refractivity contribution in [1.82, 2.24) is 10.3 Å². The molecule has 0 fully saturated rings. The number of furan rings is 1. The third kappa shape index (κ3) is 4.21. The van der Waals surface area contributed by atoms with Crippen LogP contribution < -0.4 is 10.6 Å². The van der Waals surface area contributed by atoms with Gasteiger partial charge in [0.15, 0.2) is 5.76 Å². The van der Waals surface area contributed by atoms with Crippen LogP contribution in [0.25, 0.3) is 0 Å². The Morgan fingerprint density at radius 1 is 1.04 bits per heavy atom. The van der Waals surface area contributed by atoms with Gasteiger partial charge in [0.25, 0.3) is 11.8 Å². The molecule has 0 bridgehead atoms. The quantitative estimate of drug-likeness (QED) is 0.613. The van der Waals surface area contributed by atoms with Crippen LogP contribution >= 0.6 is 12.2 Å². The number of anilines is 1. The van der Waals surface area contributed by atoms with Crippen molar-refractivity contribution in [2.45, 2.75) is 6.54 Å². The number of nitrogens with one attached hydrogen (secondary N) is 3. The monoisotopic (exact) mass is 353 g/mol. The summed E-state index contributed by atoms with van der Waals surface area (Å²) in [4.78, 5) is 26.8. The van der Waals surface area contributed by atoms with Gasteiger partial charge in [0.05, 0.1) is 11.8 Å². The number of pyridine rings is 1. The second-order valence-electron chi connectivity index (χ2n) is 5.22. The molecule has 0 aliphatic rings. The molecule has 0 aliphatic heterocycles. The van der Waals surface area contributed by atoms with Crippen LogP contribution in [0.4, 0.5) is 5.69 Å². The average molecular weight is 353 g/mol. The van der Waals surface area contributed by atoms with Gasteiger partial charge in [-0.25, -0.2) is 0 Å². The number of aromatic amines is 1. The van der Waals surface area contributed by atoms with Crippen molar-refractivity contribution in [3.05, 3.63) is 82.5 Å². The second-order valence-corrected chi connectivity index (χ2v) is 5.63. The van der Waals surface area contributed by atoms with E-state index in [1.54, 1.807) is 42.6 Å². The minimum absolute atomic E-state index is 0.239. The number of rotatable bonds is 5. The molecule has 3 aromatic rings. The zero-order chi connectivity index (χ0) is 17.6. The summed E-state index contributed by atoms with van der Waals surface area (Å²) >= 11 is 5.09. The van der Waals surface area contributed by atoms with Crippen LogP contribution in [0.5, 0.6) is 0 Å². The Balaban J connectivity index is 1.58. The van der Waals surface area contributed by atoms with Crippen LogP contribution in [0.2, 0.25) is 0 Å². The van der Waals surface area contributed by atoms with E-state index in [9.17, 15) is 9.59 Å². The molecule has 3 rings (SSSR count). The van der Waals surface area contributed by atoms with Crippen molar-refractivity contribution in [3.63, 3.8) is 0 Å². The zero-order valence-electron chi connectivity index (χ0n) is 13.1. The number of hydrogen-bond donors (Lipinski definition) is 3. The highest BCUT2D eigenvalue weighted by molar-refractivity contribution is 7.71. The Bertz CT molecular complexity index is 931. The van der Waals surface area contributed by atoms with Crippen molar-refractivity contribution in [2.75, 3.05) is 5.32 Å². The maximum Gasteiger partial charge on any atom is 0.291 e. The van der Waals surface area contributed by atoms with E-state index in [1.807, 2.05) is 12.1 Å². The largest absolute Gasteiger partial charge is 0.459 e. The number of carbonyl (C=O) groups excluding carboxylic acids is 2. The van der Waals surface area contributed by atoms with Crippen molar-refractivity contribution in [1.29, 1.82) is 0 Å². The van der Waals surface area contributed by atoms with Crippen molar-refractivity contribution in [3.8, 4) is 0 Å². The van der Waals surface area contributed by atoms with Crippen molar-refractivity contribution >= 4 is 29.7 Å². The number of carbonyl (C=O) groups is 2. The number of hydrogen-bond acceptors (Lipinski definition) is 4.